The third kappa shape index (κ3) is 6.10. The minimum absolute atomic E-state index is 0.0472. The predicted octanol–water partition coefficient (Wildman–Crippen LogP) is 8.31. The molecular weight excluding hydrogens is 418 g/mol. The summed E-state index contributed by atoms with van der Waals surface area (Å²) in [7, 11) is 0. The molecule has 0 spiro atoms. The molecule has 1 heterocycles. The number of hydrogen-bond acceptors (Lipinski definition) is 3. The molecule has 1 aromatic carbocycles. The standard InChI is InChI=1S/C27H37NO2.2C2H6/c1-16(2)18-10-12-20(13-11-18)26(30)24-17(3)23-21(14-27(4,5)15-22(23)29)28-25(24)19-8-6-7-9-19;2*1-2/h10-13,16,19,22,26,29-30H,6-9,14-15H2,1-5H3;2*1-2H3. The topological polar surface area (TPSA) is 53.4 Å². The van der Waals surface area contributed by atoms with E-state index < -0.39 is 12.2 Å². The number of aliphatic hydroxyl groups is 2. The van der Waals surface area contributed by atoms with Crippen LogP contribution in [0.4, 0.5) is 0 Å². The summed E-state index contributed by atoms with van der Waals surface area (Å²) in [6, 6.07) is 8.35. The van der Waals surface area contributed by atoms with Gasteiger partial charge in [-0.1, -0.05) is 92.5 Å². The molecule has 2 aliphatic rings. The molecule has 34 heavy (non-hydrogen) atoms. The molecule has 0 aliphatic heterocycles. The third-order valence-corrected chi connectivity index (χ3v) is 7.31. The second-order valence-electron chi connectivity index (χ2n) is 10.7. The smallest absolute Gasteiger partial charge is 0.106 e. The molecule has 4 rings (SSSR count). The first-order chi connectivity index (χ1) is 16.2. The van der Waals surface area contributed by atoms with Crippen LogP contribution in [0.15, 0.2) is 24.3 Å². The van der Waals surface area contributed by atoms with Crippen molar-refractivity contribution in [3.05, 3.63) is 63.5 Å². The summed E-state index contributed by atoms with van der Waals surface area (Å²) in [6.45, 7) is 18.9. The van der Waals surface area contributed by atoms with E-state index in [1.807, 2.05) is 27.7 Å². The Kier molecular flexibility index (Phi) is 10.3. The SMILES string of the molecule is CC.CC.Cc1c2c(nc(C3CCCC3)c1C(O)c1ccc(C(C)C)cc1)CC(C)(C)CC2O. The summed E-state index contributed by atoms with van der Waals surface area (Å²) in [5, 5.41) is 22.5. The highest BCUT2D eigenvalue weighted by Crippen LogP contribution is 2.46. The fourth-order valence-electron chi connectivity index (χ4n) is 5.63. The molecule has 1 saturated carbocycles. The number of nitrogens with zero attached hydrogens (tertiary/aromatic N) is 1. The molecule has 0 radical (unpaired) electrons. The Labute approximate surface area is 209 Å². The van der Waals surface area contributed by atoms with Crippen LogP contribution in [0.2, 0.25) is 0 Å². The number of aliphatic hydroxyl groups excluding tert-OH is 2. The zero-order valence-electron chi connectivity index (χ0n) is 23.2. The fourth-order valence-corrected chi connectivity index (χ4v) is 5.63. The van der Waals surface area contributed by atoms with Crippen molar-refractivity contribution in [2.75, 3.05) is 0 Å². The van der Waals surface area contributed by atoms with Crippen LogP contribution in [-0.2, 0) is 6.42 Å². The van der Waals surface area contributed by atoms with E-state index in [0.29, 0.717) is 11.8 Å². The van der Waals surface area contributed by atoms with Crippen molar-refractivity contribution in [3.8, 4) is 0 Å². The Balaban J connectivity index is 0.000000970. The van der Waals surface area contributed by atoms with E-state index in [1.54, 1.807) is 0 Å². The van der Waals surface area contributed by atoms with Crippen molar-refractivity contribution in [3.63, 3.8) is 0 Å². The van der Waals surface area contributed by atoms with Gasteiger partial charge in [0.25, 0.3) is 0 Å². The van der Waals surface area contributed by atoms with E-state index in [1.165, 1.54) is 18.4 Å². The molecule has 2 N–H and O–H groups in total. The monoisotopic (exact) mass is 467 g/mol. The summed E-state index contributed by atoms with van der Waals surface area (Å²) >= 11 is 0. The molecule has 3 heteroatoms. The zero-order chi connectivity index (χ0) is 25.6. The van der Waals surface area contributed by atoms with Gasteiger partial charge >= 0.3 is 0 Å². The van der Waals surface area contributed by atoms with Crippen LogP contribution in [-0.4, -0.2) is 15.2 Å². The number of hydrogen-bond donors (Lipinski definition) is 2. The van der Waals surface area contributed by atoms with Gasteiger partial charge in [0.1, 0.15) is 6.10 Å². The Morgan fingerprint density at radius 3 is 2.00 bits per heavy atom. The van der Waals surface area contributed by atoms with Crippen molar-refractivity contribution in [2.45, 2.75) is 125 Å². The fraction of sp³-hybridized carbons (Fsp3) is 0.645. The van der Waals surface area contributed by atoms with Gasteiger partial charge in [0.15, 0.2) is 0 Å². The maximum absolute atomic E-state index is 11.5. The van der Waals surface area contributed by atoms with Crippen LogP contribution in [0.1, 0.15) is 151 Å². The van der Waals surface area contributed by atoms with Crippen LogP contribution < -0.4 is 0 Å². The lowest BCUT2D eigenvalue weighted by Crippen LogP contribution is -2.29. The van der Waals surface area contributed by atoms with E-state index in [2.05, 4.69) is 58.9 Å². The minimum atomic E-state index is -0.707. The predicted molar refractivity (Wildman–Crippen MR) is 145 cm³/mol. The largest absolute Gasteiger partial charge is 0.388 e. The Morgan fingerprint density at radius 2 is 1.47 bits per heavy atom. The van der Waals surface area contributed by atoms with Gasteiger partial charge in [0.2, 0.25) is 0 Å². The third-order valence-electron chi connectivity index (χ3n) is 7.31. The molecule has 0 saturated heterocycles. The first kappa shape index (κ1) is 28.5. The van der Waals surface area contributed by atoms with Crippen LogP contribution in [0.5, 0.6) is 0 Å². The van der Waals surface area contributed by atoms with E-state index in [4.69, 9.17) is 4.98 Å². The summed E-state index contributed by atoms with van der Waals surface area (Å²) < 4.78 is 0. The molecule has 190 valence electrons. The van der Waals surface area contributed by atoms with Crippen LogP contribution >= 0.6 is 0 Å². The Bertz CT molecular complexity index is 908. The van der Waals surface area contributed by atoms with Crippen molar-refractivity contribution in [1.29, 1.82) is 0 Å². The second-order valence-corrected chi connectivity index (χ2v) is 10.7. The second kappa shape index (κ2) is 12.3. The van der Waals surface area contributed by atoms with Gasteiger partial charge in [-0.2, -0.15) is 0 Å². The Morgan fingerprint density at radius 1 is 0.941 bits per heavy atom. The normalized spacial score (nSPS) is 20.1. The maximum Gasteiger partial charge on any atom is 0.106 e. The van der Waals surface area contributed by atoms with E-state index >= 15 is 0 Å². The van der Waals surface area contributed by atoms with Gasteiger partial charge < -0.3 is 10.2 Å². The van der Waals surface area contributed by atoms with Gasteiger partial charge in [0.05, 0.1) is 11.8 Å². The molecule has 2 unspecified atom stereocenters. The molecule has 0 bridgehead atoms. The van der Waals surface area contributed by atoms with E-state index in [-0.39, 0.29) is 5.41 Å². The van der Waals surface area contributed by atoms with Gasteiger partial charge in [-0.25, -0.2) is 0 Å². The maximum atomic E-state index is 11.5. The van der Waals surface area contributed by atoms with Crippen molar-refractivity contribution in [1.82, 2.24) is 4.98 Å². The molecular formula is C31H49NO2. The van der Waals surface area contributed by atoms with E-state index in [9.17, 15) is 10.2 Å². The van der Waals surface area contributed by atoms with Gasteiger partial charge in [-0.3, -0.25) is 4.98 Å². The number of rotatable bonds is 4. The average molecular weight is 468 g/mol. The van der Waals surface area contributed by atoms with Crippen LogP contribution in [0.25, 0.3) is 0 Å². The zero-order valence-corrected chi connectivity index (χ0v) is 23.2. The molecule has 0 amide bonds. The average Bonchev–Trinajstić information content (AvgIpc) is 3.35. The minimum Gasteiger partial charge on any atom is -0.388 e. The lowest BCUT2D eigenvalue weighted by molar-refractivity contribution is 0.0968. The van der Waals surface area contributed by atoms with Crippen molar-refractivity contribution >= 4 is 0 Å². The van der Waals surface area contributed by atoms with Gasteiger partial charge in [0, 0.05) is 22.7 Å². The highest BCUT2D eigenvalue weighted by atomic mass is 16.3. The molecule has 2 atom stereocenters. The molecule has 1 aromatic heterocycles. The molecule has 2 aliphatic carbocycles. The summed E-state index contributed by atoms with van der Waals surface area (Å²) in [6.07, 6.45) is 5.16. The Hall–Kier alpha value is -1.71. The lowest BCUT2D eigenvalue weighted by Gasteiger charge is -2.37. The number of fused-ring (bicyclic) bond motifs is 1. The quantitative estimate of drug-likeness (QED) is 0.475. The summed E-state index contributed by atoms with van der Waals surface area (Å²) in [4.78, 5) is 5.17. The van der Waals surface area contributed by atoms with Crippen LogP contribution in [0.3, 0.4) is 0 Å². The van der Waals surface area contributed by atoms with Crippen molar-refractivity contribution in [2.24, 2.45) is 5.41 Å². The highest BCUT2D eigenvalue weighted by Gasteiger charge is 2.37. The number of aromatic nitrogens is 1. The number of benzene rings is 1. The molecule has 2 aromatic rings. The number of pyridine rings is 1. The molecule has 3 nitrogen and oxygen atoms in total. The summed E-state index contributed by atoms with van der Waals surface area (Å²) in [5.74, 6) is 0.881. The van der Waals surface area contributed by atoms with Gasteiger partial charge in [-0.15, -0.1) is 0 Å². The first-order valence-corrected chi connectivity index (χ1v) is 13.7. The van der Waals surface area contributed by atoms with Crippen molar-refractivity contribution < 1.29 is 10.2 Å². The molecule has 1 fully saturated rings. The van der Waals surface area contributed by atoms with E-state index in [0.717, 1.165) is 59.3 Å². The van der Waals surface area contributed by atoms with Crippen LogP contribution in [0, 0.1) is 12.3 Å². The summed E-state index contributed by atoms with van der Waals surface area (Å²) in [5.41, 5.74) is 7.31. The lowest BCUT2D eigenvalue weighted by atomic mass is 9.72. The highest BCUT2D eigenvalue weighted by molar-refractivity contribution is 5.48. The first-order valence-electron chi connectivity index (χ1n) is 13.7. The van der Waals surface area contributed by atoms with Gasteiger partial charge in [-0.05, 0) is 60.6 Å².